The first-order valence-electron chi connectivity index (χ1n) is 12.4. The van der Waals surface area contributed by atoms with Crippen LogP contribution in [0.1, 0.15) is 38.4 Å². The Balaban J connectivity index is 1.35. The van der Waals surface area contributed by atoms with Gasteiger partial charge in [-0.15, -0.1) is 0 Å². The molecule has 1 aliphatic heterocycles. The van der Waals surface area contributed by atoms with Crippen molar-refractivity contribution in [3.8, 4) is 11.8 Å². The highest BCUT2D eigenvalue weighted by atomic mass is 19.4. The summed E-state index contributed by atoms with van der Waals surface area (Å²) in [7, 11) is 1.99. The topological polar surface area (TPSA) is 90.0 Å². The fourth-order valence-corrected chi connectivity index (χ4v) is 4.37. The second-order valence-corrected chi connectivity index (χ2v) is 9.48. The van der Waals surface area contributed by atoms with Gasteiger partial charge in [0.1, 0.15) is 5.69 Å². The first-order chi connectivity index (χ1) is 18.7. The third-order valence-electron chi connectivity index (χ3n) is 6.66. The predicted molar refractivity (Wildman–Crippen MR) is 141 cm³/mol. The monoisotopic (exact) mass is 533 g/mol. The summed E-state index contributed by atoms with van der Waals surface area (Å²) in [6, 6.07) is 9.11. The molecule has 0 bridgehead atoms. The van der Waals surface area contributed by atoms with E-state index in [1.165, 1.54) is 18.3 Å². The minimum Gasteiger partial charge on any atom is -0.322 e. The zero-order chi connectivity index (χ0) is 27.6. The first kappa shape index (κ1) is 26.3. The molecule has 8 nitrogen and oxygen atoms in total. The minimum absolute atomic E-state index is 0.0547. The number of anilines is 1. The highest BCUT2D eigenvalue weighted by Crippen LogP contribution is 2.34. The Bertz CT molecular complexity index is 1580. The van der Waals surface area contributed by atoms with Gasteiger partial charge >= 0.3 is 6.18 Å². The van der Waals surface area contributed by atoms with E-state index in [9.17, 15) is 18.0 Å². The number of nitrogens with zero attached hydrogens (tertiary/aromatic N) is 5. The average Bonchev–Trinajstić information content (AvgIpc) is 3.33. The molecular formula is C28H26F3N7O. The zero-order valence-corrected chi connectivity index (χ0v) is 21.4. The van der Waals surface area contributed by atoms with Crippen LogP contribution in [0.15, 0.2) is 48.8 Å². The van der Waals surface area contributed by atoms with E-state index in [0.29, 0.717) is 35.7 Å². The number of nitrogens with one attached hydrogen (secondary N) is 2. The molecule has 0 atom stereocenters. The lowest BCUT2D eigenvalue weighted by molar-refractivity contribution is -0.138. The van der Waals surface area contributed by atoms with Gasteiger partial charge in [-0.25, -0.2) is 4.98 Å². The largest absolute Gasteiger partial charge is 0.416 e. The number of carbonyl (C=O) groups excluding carboxylic acids is 1. The van der Waals surface area contributed by atoms with Crippen LogP contribution < -0.4 is 5.32 Å². The SMILES string of the molecule is Cc1ncc(C(=O)Nc2ccc(CN3CCN(C)CC3)c(C(F)(F)F)c2)cc1C#Cc1[nH]nc2ncccc12. The molecule has 5 rings (SSSR count). The molecule has 0 aliphatic carbocycles. The van der Waals surface area contributed by atoms with E-state index in [0.717, 1.165) is 24.5 Å². The van der Waals surface area contributed by atoms with Gasteiger partial charge in [-0.1, -0.05) is 12.0 Å². The molecule has 1 aliphatic rings. The number of H-pyrrole nitrogens is 1. The molecule has 1 fully saturated rings. The van der Waals surface area contributed by atoms with Crippen molar-refractivity contribution < 1.29 is 18.0 Å². The van der Waals surface area contributed by atoms with Crippen molar-refractivity contribution in [1.29, 1.82) is 0 Å². The number of rotatable bonds is 4. The predicted octanol–water partition coefficient (Wildman–Crippen LogP) is 4.08. The summed E-state index contributed by atoms with van der Waals surface area (Å²) in [4.78, 5) is 25.5. The number of aromatic nitrogens is 4. The third kappa shape index (κ3) is 6.08. The molecule has 4 heterocycles. The number of likely N-dealkylation sites (N-methyl/N-ethyl adjacent to an activating group) is 1. The van der Waals surface area contributed by atoms with E-state index in [2.05, 4.69) is 42.2 Å². The van der Waals surface area contributed by atoms with Crippen LogP contribution in [0.4, 0.5) is 18.9 Å². The molecule has 4 aromatic rings. The Labute approximate surface area is 223 Å². The number of alkyl halides is 3. The summed E-state index contributed by atoms with van der Waals surface area (Å²) < 4.78 is 41.8. The van der Waals surface area contributed by atoms with Crippen LogP contribution in [0, 0.1) is 18.8 Å². The smallest absolute Gasteiger partial charge is 0.322 e. The number of halogens is 3. The Kier molecular flexibility index (Phi) is 7.32. The number of carbonyl (C=O) groups is 1. The third-order valence-corrected chi connectivity index (χ3v) is 6.66. The van der Waals surface area contributed by atoms with Crippen LogP contribution in [0.25, 0.3) is 11.0 Å². The first-order valence-corrected chi connectivity index (χ1v) is 12.4. The van der Waals surface area contributed by atoms with Crippen molar-refractivity contribution in [2.75, 3.05) is 38.5 Å². The number of benzene rings is 1. The van der Waals surface area contributed by atoms with E-state index in [4.69, 9.17) is 0 Å². The van der Waals surface area contributed by atoms with Gasteiger partial charge in [0.2, 0.25) is 0 Å². The number of amides is 1. The molecule has 1 saturated heterocycles. The van der Waals surface area contributed by atoms with Gasteiger partial charge in [0.15, 0.2) is 5.65 Å². The molecule has 0 saturated carbocycles. The highest BCUT2D eigenvalue weighted by molar-refractivity contribution is 6.04. The number of piperazine rings is 1. The number of aromatic amines is 1. The second kappa shape index (κ2) is 10.8. The molecule has 0 spiro atoms. The fraction of sp³-hybridized carbons (Fsp3) is 0.286. The van der Waals surface area contributed by atoms with Crippen LogP contribution in [0.5, 0.6) is 0 Å². The normalized spacial score (nSPS) is 14.7. The Morgan fingerprint density at radius 1 is 1.10 bits per heavy atom. The van der Waals surface area contributed by atoms with Crippen molar-refractivity contribution in [3.05, 3.63) is 82.4 Å². The average molecular weight is 534 g/mol. The lowest BCUT2D eigenvalue weighted by Crippen LogP contribution is -2.44. The summed E-state index contributed by atoms with van der Waals surface area (Å²) >= 11 is 0. The van der Waals surface area contributed by atoms with Gasteiger partial charge in [-0.2, -0.15) is 18.3 Å². The molecule has 1 amide bonds. The number of hydrogen-bond donors (Lipinski definition) is 2. The van der Waals surface area contributed by atoms with Gasteiger partial charge in [0, 0.05) is 56.4 Å². The van der Waals surface area contributed by atoms with E-state index in [1.807, 2.05) is 18.0 Å². The van der Waals surface area contributed by atoms with Crippen LogP contribution in [0.3, 0.4) is 0 Å². The van der Waals surface area contributed by atoms with E-state index >= 15 is 0 Å². The molecule has 200 valence electrons. The van der Waals surface area contributed by atoms with Crippen LogP contribution in [-0.4, -0.2) is 69.1 Å². The highest BCUT2D eigenvalue weighted by Gasteiger charge is 2.34. The van der Waals surface area contributed by atoms with Crippen molar-refractivity contribution >= 4 is 22.6 Å². The quantitative estimate of drug-likeness (QED) is 0.385. The maximum Gasteiger partial charge on any atom is 0.416 e. The lowest BCUT2D eigenvalue weighted by Gasteiger charge is -2.33. The van der Waals surface area contributed by atoms with Crippen molar-refractivity contribution in [2.45, 2.75) is 19.6 Å². The molecule has 11 heteroatoms. The van der Waals surface area contributed by atoms with Crippen molar-refractivity contribution in [2.24, 2.45) is 0 Å². The number of aryl methyl sites for hydroxylation is 1. The molecular weight excluding hydrogens is 507 g/mol. The van der Waals surface area contributed by atoms with Crippen LogP contribution in [-0.2, 0) is 12.7 Å². The van der Waals surface area contributed by atoms with E-state index in [-0.39, 0.29) is 23.4 Å². The summed E-state index contributed by atoms with van der Waals surface area (Å²) in [5.41, 5.74) is 1.88. The van der Waals surface area contributed by atoms with Gasteiger partial charge in [0.25, 0.3) is 5.91 Å². The second-order valence-electron chi connectivity index (χ2n) is 9.48. The maximum atomic E-state index is 13.9. The molecule has 3 aromatic heterocycles. The number of hydrogen-bond acceptors (Lipinski definition) is 6. The summed E-state index contributed by atoms with van der Waals surface area (Å²) in [5.74, 6) is 5.41. The van der Waals surface area contributed by atoms with Gasteiger partial charge in [-0.3, -0.25) is 19.8 Å². The molecule has 1 aromatic carbocycles. The van der Waals surface area contributed by atoms with Gasteiger partial charge < -0.3 is 10.2 Å². The van der Waals surface area contributed by atoms with E-state index in [1.54, 1.807) is 25.3 Å². The Morgan fingerprint density at radius 2 is 1.90 bits per heavy atom. The number of pyridine rings is 2. The lowest BCUT2D eigenvalue weighted by atomic mass is 10.0. The van der Waals surface area contributed by atoms with Crippen LogP contribution >= 0.6 is 0 Å². The van der Waals surface area contributed by atoms with E-state index < -0.39 is 17.6 Å². The van der Waals surface area contributed by atoms with Crippen molar-refractivity contribution in [3.63, 3.8) is 0 Å². The molecule has 0 radical (unpaired) electrons. The Hall–Kier alpha value is -4.27. The number of fused-ring (bicyclic) bond motifs is 1. The maximum absolute atomic E-state index is 13.9. The van der Waals surface area contributed by atoms with Gasteiger partial charge in [0.05, 0.1) is 22.2 Å². The summed E-state index contributed by atoms with van der Waals surface area (Å²) in [6.45, 7) is 4.97. The Morgan fingerprint density at radius 3 is 2.67 bits per heavy atom. The molecule has 0 unspecified atom stereocenters. The van der Waals surface area contributed by atoms with Crippen molar-refractivity contribution in [1.82, 2.24) is 30.0 Å². The summed E-state index contributed by atoms with van der Waals surface area (Å²) in [5, 5.41) is 10.3. The minimum atomic E-state index is -4.55. The van der Waals surface area contributed by atoms with Gasteiger partial charge in [-0.05, 0) is 55.8 Å². The molecule has 2 N–H and O–H groups in total. The standard InChI is InChI=1S/C28H26F3N7O/c1-18-19(6-8-25-23-4-3-9-32-26(23)36-35-25)14-21(16-33-18)27(39)34-22-7-5-20(24(15-22)28(29,30)31)17-38-12-10-37(2)11-13-38/h3-5,7,9,14-16H,10-13,17H2,1-2H3,(H,34,39)(H,32,35,36). The summed E-state index contributed by atoms with van der Waals surface area (Å²) in [6.07, 6.45) is -1.55. The molecule has 39 heavy (non-hydrogen) atoms. The van der Waals surface area contributed by atoms with Crippen LogP contribution in [0.2, 0.25) is 0 Å². The fourth-order valence-electron chi connectivity index (χ4n) is 4.37. The zero-order valence-electron chi connectivity index (χ0n) is 21.4.